The van der Waals surface area contributed by atoms with Gasteiger partial charge in [0.15, 0.2) is 5.67 Å². The number of anilines is 4. The summed E-state index contributed by atoms with van der Waals surface area (Å²) >= 11 is 0. The van der Waals surface area contributed by atoms with E-state index < -0.39 is 21.6 Å². The van der Waals surface area contributed by atoms with Crippen molar-refractivity contribution in [1.29, 1.82) is 0 Å². The molecule has 11 heteroatoms. The molecular formula is C27H35FN6O3S. The molecule has 0 radical (unpaired) electrons. The van der Waals surface area contributed by atoms with Crippen LogP contribution in [0, 0.1) is 5.92 Å². The number of hydrogen-bond acceptors (Lipinski definition) is 9. The zero-order chi connectivity index (χ0) is 27.2. The molecule has 2 aliphatic rings. The average Bonchev–Trinajstić information content (AvgIpc) is 2.81. The summed E-state index contributed by atoms with van der Waals surface area (Å²) in [6.07, 6.45) is 4.08. The maximum absolute atomic E-state index is 14.7. The van der Waals surface area contributed by atoms with Crippen LogP contribution in [0.1, 0.15) is 38.7 Å². The number of aromatic nitrogens is 3. The van der Waals surface area contributed by atoms with E-state index in [2.05, 4.69) is 51.1 Å². The molecule has 0 bridgehead atoms. The van der Waals surface area contributed by atoms with Crippen molar-refractivity contribution in [3.05, 3.63) is 42.2 Å². The maximum Gasteiger partial charge on any atom is 0.227 e. The highest BCUT2D eigenvalue weighted by molar-refractivity contribution is 7.90. The monoisotopic (exact) mass is 542 g/mol. The van der Waals surface area contributed by atoms with Crippen molar-refractivity contribution in [3.63, 3.8) is 0 Å². The molecule has 0 amide bonds. The molecule has 2 atom stereocenters. The van der Waals surface area contributed by atoms with Crippen LogP contribution in [0.15, 0.2) is 36.7 Å². The average molecular weight is 543 g/mol. The van der Waals surface area contributed by atoms with E-state index in [0.29, 0.717) is 49.6 Å². The second-order valence-electron chi connectivity index (χ2n) is 11.2. The number of piperidine rings is 1. The lowest BCUT2D eigenvalue weighted by molar-refractivity contribution is -0.00860. The highest BCUT2D eigenvalue weighted by Gasteiger charge is 2.39. The number of nitrogens with one attached hydrogen (secondary N) is 1. The van der Waals surface area contributed by atoms with Crippen LogP contribution in [0.3, 0.4) is 0 Å². The van der Waals surface area contributed by atoms with Crippen LogP contribution in [0.2, 0.25) is 0 Å². The number of halogens is 1. The molecule has 0 unspecified atom stereocenters. The zero-order valence-electron chi connectivity index (χ0n) is 22.2. The molecule has 0 aliphatic carbocycles. The van der Waals surface area contributed by atoms with Crippen LogP contribution in [0.25, 0.3) is 10.8 Å². The Morgan fingerprint density at radius 1 is 1.16 bits per heavy atom. The van der Waals surface area contributed by atoms with E-state index in [1.165, 1.54) is 18.7 Å². The smallest absolute Gasteiger partial charge is 0.227 e. The summed E-state index contributed by atoms with van der Waals surface area (Å²) in [7, 11) is -2.99. The van der Waals surface area contributed by atoms with Crippen molar-refractivity contribution in [2.45, 2.75) is 44.9 Å². The van der Waals surface area contributed by atoms with Gasteiger partial charge in [-0.3, -0.25) is 0 Å². The quantitative estimate of drug-likeness (QED) is 0.462. The first-order valence-electron chi connectivity index (χ1n) is 13.0. The molecule has 4 heterocycles. The third-order valence-corrected chi connectivity index (χ3v) is 8.50. The lowest BCUT2D eigenvalue weighted by atomic mass is 9.93. The van der Waals surface area contributed by atoms with Crippen molar-refractivity contribution >= 4 is 43.9 Å². The molecule has 2 N–H and O–H groups in total. The highest BCUT2D eigenvalue weighted by Crippen LogP contribution is 2.37. The third-order valence-electron chi connectivity index (χ3n) is 7.42. The topological polar surface area (TPSA) is 112 Å². The minimum absolute atomic E-state index is 0.0217. The van der Waals surface area contributed by atoms with Gasteiger partial charge in [0.25, 0.3) is 0 Å². The van der Waals surface area contributed by atoms with Crippen LogP contribution in [0.5, 0.6) is 0 Å². The number of aliphatic hydroxyl groups excluding tert-OH is 1. The van der Waals surface area contributed by atoms with Crippen molar-refractivity contribution in [3.8, 4) is 0 Å². The highest BCUT2D eigenvalue weighted by atomic mass is 32.2. The number of fused-ring (bicyclic) bond motifs is 1. The number of sulfone groups is 1. The number of nitrogens with zero attached hydrogens (tertiary/aromatic N) is 5. The molecule has 2 aliphatic heterocycles. The van der Waals surface area contributed by atoms with Crippen molar-refractivity contribution in [1.82, 2.24) is 15.0 Å². The summed E-state index contributed by atoms with van der Waals surface area (Å²) < 4.78 is 38.1. The Morgan fingerprint density at radius 2 is 1.92 bits per heavy atom. The Hall–Kier alpha value is -3.05. The molecule has 2 saturated heterocycles. The van der Waals surface area contributed by atoms with Gasteiger partial charge in [0.05, 0.1) is 18.4 Å². The fourth-order valence-corrected chi connectivity index (χ4v) is 6.47. The van der Waals surface area contributed by atoms with Gasteiger partial charge in [-0.1, -0.05) is 19.9 Å². The first-order valence-corrected chi connectivity index (χ1v) is 15.0. The van der Waals surface area contributed by atoms with Gasteiger partial charge in [-0.15, -0.1) is 0 Å². The van der Waals surface area contributed by atoms with Gasteiger partial charge < -0.3 is 20.2 Å². The summed E-state index contributed by atoms with van der Waals surface area (Å²) in [5.74, 6) is 2.22. The molecule has 38 heavy (non-hydrogen) atoms. The van der Waals surface area contributed by atoms with Gasteiger partial charge in [0.2, 0.25) is 5.95 Å². The third kappa shape index (κ3) is 5.54. The van der Waals surface area contributed by atoms with E-state index in [-0.39, 0.29) is 18.2 Å². The fraction of sp³-hybridized carbons (Fsp3) is 0.519. The van der Waals surface area contributed by atoms with E-state index in [4.69, 9.17) is 0 Å². The van der Waals surface area contributed by atoms with E-state index in [9.17, 15) is 17.9 Å². The minimum atomic E-state index is -2.99. The van der Waals surface area contributed by atoms with Crippen molar-refractivity contribution in [2.24, 2.45) is 5.92 Å². The Kier molecular flexibility index (Phi) is 6.93. The SMILES string of the molecule is CC(C)c1ccc(N2CC(CS(C)(=O)=O)C2)c2cnc(Nc3ccnc(N4CC[C@@H](O)[C@](C)(F)C4)n3)cc12. The first kappa shape index (κ1) is 26.6. The molecule has 0 saturated carbocycles. The number of hydrogen-bond donors (Lipinski definition) is 2. The number of aliphatic hydroxyl groups is 1. The molecule has 9 nitrogen and oxygen atoms in total. The Labute approximate surface area is 223 Å². The molecule has 0 spiro atoms. The largest absolute Gasteiger partial charge is 0.390 e. The fourth-order valence-electron chi connectivity index (χ4n) is 5.40. The van der Waals surface area contributed by atoms with E-state index >= 15 is 0 Å². The summed E-state index contributed by atoms with van der Waals surface area (Å²) in [6.45, 7) is 7.61. The van der Waals surface area contributed by atoms with Crippen LogP contribution in [0.4, 0.5) is 27.7 Å². The van der Waals surface area contributed by atoms with Gasteiger partial charge in [0.1, 0.15) is 21.5 Å². The minimum Gasteiger partial charge on any atom is -0.390 e. The van der Waals surface area contributed by atoms with E-state index in [0.717, 1.165) is 16.5 Å². The number of benzene rings is 1. The zero-order valence-corrected chi connectivity index (χ0v) is 23.0. The lowest BCUT2D eigenvalue weighted by Gasteiger charge is -2.41. The normalized spacial score (nSPS) is 22.7. The van der Waals surface area contributed by atoms with E-state index in [1.807, 2.05) is 12.3 Å². The first-order chi connectivity index (χ1) is 17.9. The second-order valence-corrected chi connectivity index (χ2v) is 13.4. The predicted octanol–water partition coefficient (Wildman–Crippen LogP) is 3.67. The molecule has 2 fully saturated rings. The van der Waals surface area contributed by atoms with Crippen molar-refractivity contribution < 1.29 is 17.9 Å². The lowest BCUT2D eigenvalue weighted by Crippen LogP contribution is -2.52. The second kappa shape index (κ2) is 9.92. The van der Waals surface area contributed by atoms with Crippen LogP contribution < -0.4 is 15.1 Å². The molecule has 2 aromatic heterocycles. The molecule has 1 aromatic carbocycles. The van der Waals surface area contributed by atoms with Crippen LogP contribution in [-0.4, -0.2) is 78.4 Å². The summed E-state index contributed by atoms with van der Waals surface area (Å²) in [4.78, 5) is 17.5. The standard InChI is InChI=1S/C27H35FN6O3S/c1-17(2)19-5-6-22(34-13-18(14-34)15-38(4,36)37)21-12-30-25(11-20(19)21)31-24-7-9-29-26(32-24)33-10-8-23(35)27(3,28)16-33/h5-7,9,11-12,17-18,23,35H,8,10,13-16H2,1-4H3,(H,29,30,31,32)/t23-,27-/m1/s1. The van der Waals surface area contributed by atoms with Crippen LogP contribution in [-0.2, 0) is 9.84 Å². The summed E-state index contributed by atoms with van der Waals surface area (Å²) in [6, 6.07) is 8.00. The molecule has 5 rings (SSSR count). The maximum atomic E-state index is 14.7. The van der Waals surface area contributed by atoms with Gasteiger partial charge in [-0.25, -0.2) is 22.8 Å². The van der Waals surface area contributed by atoms with Gasteiger partial charge >= 0.3 is 0 Å². The summed E-state index contributed by atoms with van der Waals surface area (Å²) in [5, 5.41) is 15.3. The van der Waals surface area contributed by atoms with Gasteiger partial charge in [-0.05, 0) is 48.4 Å². The van der Waals surface area contributed by atoms with Crippen LogP contribution >= 0.6 is 0 Å². The predicted molar refractivity (Wildman–Crippen MR) is 149 cm³/mol. The number of alkyl halides is 1. The van der Waals surface area contributed by atoms with Gasteiger partial charge in [0, 0.05) is 55.3 Å². The number of rotatable bonds is 7. The van der Waals surface area contributed by atoms with Gasteiger partial charge in [-0.2, -0.15) is 4.98 Å². The Bertz CT molecular complexity index is 1440. The number of pyridine rings is 1. The Balaban J connectivity index is 1.39. The molecule has 204 valence electrons. The summed E-state index contributed by atoms with van der Waals surface area (Å²) in [5.41, 5.74) is 0.524. The van der Waals surface area contributed by atoms with Crippen molar-refractivity contribution in [2.75, 3.05) is 53.3 Å². The Morgan fingerprint density at radius 3 is 2.61 bits per heavy atom. The molecular weight excluding hydrogens is 507 g/mol. The van der Waals surface area contributed by atoms with E-state index in [1.54, 1.807) is 17.2 Å². The molecule has 3 aromatic rings.